The van der Waals surface area contributed by atoms with Crippen molar-refractivity contribution in [2.75, 3.05) is 12.9 Å². The molecule has 2 aliphatic rings. The van der Waals surface area contributed by atoms with Crippen LogP contribution in [0.4, 0.5) is 0 Å². The monoisotopic (exact) mass is 381 g/mol. The summed E-state index contributed by atoms with van der Waals surface area (Å²) in [6, 6.07) is 19.2. The first-order chi connectivity index (χ1) is 13.2. The molecule has 0 aliphatic carbocycles. The van der Waals surface area contributed by atoms with E-state index in [1.165, 1.54) is 12.0 Å². The molecule has 0 radical (unpaired) electrons. The summed E-state index contributed by atoms with van der Waals surface area (Å²) >= 11 is 1.60. The fraction of sp³-hybridized carbons (Fsp3) is 0.238. The number of fused-ring (bicyclic) bond motifs is 1. The molecule has 0 aromatic heterocycles. The SMILES string of the molecule is COC1=C(C(=O)OC(c2ccccc2)c2ccccc2)N2C(=O)C[C@@H]2SC1. The smallest absolute Gasteiger partial charge is 0.359 e. The average Bonchev–Trinajstić information content (AvgIpc) is 2.71. The van der Waals surface area contributed by atoms with Gasteiger partial charge in [0.25, 0.3) is 0 Å². The third kappa shape index (κ3) is 3.32. The van der Waals surface area contributed by atoms with Crippen molar-refractivity contribution in [3.8, 4) is 0 Å². The molecule has 1 fully saturated rings. The molecule has 0 unspecified atom stereocenters. The number of thioether (sulfide) groups is 1. The molecule has 1 amide bonds. The molecule has 2 heterocycles. The van der Waals surface area contributed by atoms with Crippen LogP contribution in [0.2, 0.25) is 0 Å². The Morgan fingerprint density at radius 2 is 1.67 bits per heavy atom. The molecule has 1 saturated heterocycles. The summed E-state index contributed by atoms with van der Waals surface area (Å²) in [5, 5.41) is -0.00847. The summed E-state index contributed by atoms with van der Waals surface area (Å²) in [6.07, 6.45) is -0.117. The van der Waals surface area contributed by atoms with Gasteiger partial charge in [0, 0.05) is 0 Å². The van der Waals surface area contributed by atoms with Crippen LogP contribution in [0.5, 0.6) is 0 Å². The van der Waals surface area contributed by atoms with Crippen LogP contribution in [0.1, 0.15) is 23.7 Å². The molecule has 6 heteroatoms. The zero-order valence-corrected chi connectivity index (χ0v) is 15.6. The number of amides is 1. The number of carbonyl (C=O) groups excluding carboxylic acids is 2. The van der Waals surface area contributed by atoms with E-state index in [2.05, 4.69) is 0 Å². The van der Waals surface area contributed by atoms with Gasteiger partial charge < -0.3 is 9.47 Å². The molecule has 5 nitrogen and oxygen atoms in total. The molecule has 138 valence electrons. The lowest BCUT2D eigenvalue weighted by Crippen LogP contribution is -2.54. The van der Waals surface area contributed by atoms with Crippen molar-refractivity contribution in [3.63, 3.8) is 0 Å². The number of carbonyl (C=O) groups is 2. The van der Waals surface area contributed by atoms with Gasteiger partial charge in [-0.2, -0.15) is 0 Å². The van der Waals surface area contributed by atoms with Gasteiger partial charge in [0.05, 0.1) is 24.7 Å². The van der Waals surface area contributed by atoms with Crippen molar-refractivity contribution < 1.29 is 19.1 Å². The van der Waals surface area contributed by atoms with Crippen LogP contribution in [0.15, 0.2) is 72.1 Å². The van der Waals surface area contributed by atoms with E-state index < -0.39 is 12.1 Å². The molecule has 0 saturated carbocycles. The average molecular weight is 381 g/mol. The molecule has 4 rings (SSSR count). The highest BCUT2D eigenvalue weighted by Crippen LogP contribution is 2.41. The molecule has 27 heavy (non-hydrogen) atoms. The van der Waals surface area contributed by atoms with Crippen LogP contribution in [0, 0.1) is 0 Å². The van der Waals surface area contributed by atoms with Crippen LogP contribution >= 0.6 is 11.8 Å². The van der Waals surface area contributed by atoms with E-state index in [0.717, 1.165) is 11.1 Å². The highest BCUT2D eigenvalue weighted by Gasteiger charge is 2.47. The third-order valence-electron chi connectivity index (χ3n) is 4.69. The fourth-order valence-corrected chi connectivity index (χ4v) is 4.51. The molecule has 0 N–H and O–H groups in total. The first-order valence-electron chi connectivity index (χ1n) is 8.70. The quantitative estimate of drug-likeness (QED) is 0.586. The Labute approximate surface area is 162 Å². The minimum absolute atomic E-state index is 0.00847. The summed E-state index contributed by atoms with van der Waals surface area (Å²) in [4.78, 5) is 26.7. The van der Waals surface area contributed by atoms with Crippen LogP contribution in [-0.4, -0.2) is 35.0 Å². The number of rotatable bonds is 5. The second-order valence-corrected chi connectivity index (χ2v) is 7.48. The lowest BCUT2D eigenvalue weighted by molar-refractivity contribution is -0.152. The second kappa shape index (κ2) is 7.48. The summed E-state index contributed by atoms with van der Waals surface area (Å²) in [5.74, 6) is 0.415. The Morgan fingerprint density at radius 3 is 2.19 bits per heavy atom. The zero-order valence-electron chi connectivity index (χ0n) is 14.8. The topological polar surface area (TPSA) is 55.8 Å². The van der Waals surface area contributed by atoms with E-state index in [4.69, 9.17) is 9.47 Å². The van der Waals surface area contributed by atoms with Gasteiger partial charge in [-0.15, -0.1) is 11.8 Å². The Kier molecular flexibility index (Phi) is 4.90. The molecular formula is C21H19NO4S. The van der Waals surface area contributed by atoms with E-state index in [0.29, 0.717) is 17.9 Å². The highest BCUT2D eigenvalue weighted by molar-refractivity contribution is 8.00. The normalized spacial score (nSPS) is 18.8. The lowest BCUT2D eigenvalue weighted by atomic mass is 10.0. The number of β-lactam (4-membered cyclic amide) rings is 1. The van der Waals surface area contributed by atoms with Crippen LogP contribution in [0.3, 0.4) is 0 Å². The van der Waals surface area contributed by atoms with Crippen LogP contribution in [-0.2, 0) is 19.1 Å². The maximum Gasteiger partial charge on any atom is 0.359 e. The van der Waals surface area contributed by atoms with Gasteiger partial charge >= 0.3 is 5.97 Å². The number of hydrogen-bond donors (Lipinski definition) is 0. The molecular weight excluding hydrogens is 362 g/mol. The first kappa shape index (κ1) is 17.7. The molecule has 2 aliphatic heterocycles. The number of nitrogens with zero attached hydrogens (tertiary/aromatic N) is 1. The minimum Gasteiger partial charge on any atom is -0.498 e. The standard InChI is InChI=1S/C21H19NO4S/c1-25-16-13-27-18-12-17(23)22(18)19(16)21(24)26-20(14-8-4-2-5-9-14)15-10-6-3-7-11-15/h2-11,18,20H,12-13H2,1H3/t18-/m0/s1. The lowest BCUT2D eigenvalue weighted by Gasteiger charge is -2.43. The second-order valence-electron chi connectivity index (χ2n) is 6.32. The number of hydrogen-bond acceptors (Lipinski definition) is 5. The Bertz CT molecular complexity index is 842. The zero-order chi connectivity index (χ0) is 18.8. The van der Waals surface area contributed by atoms with Crippen molar-refractivity contribution in [2.45, 2.75) is 17.9 Å². The van der Waals surface area contributed by atoms with Gasteiger partial charge in [0.1, 0.15) is 5.76 Å². The van der Waals surface area contributed by atoms with Crippen molar-refractivity contribution >= 4 is 23.6 Å². The number of ether oxygens (including phenoxy) is 2. The van der Waals surface area contributed by atoms with Gasteiger partial charge in [0.2, 0.25) is 5.91 Å². The summed E-state index contributed by atoms with van der Waals surface area (Å²) < 4.78 is 11.3. The predicted molar refractivity (Wildman–Crippen MR) is 103 cm³/mol. The van der Waals surface area contributed by atoms with Crippen molar-refractivity contribution in [1.82, 2.24) is 4.90 Å². The van der Waals surface area contributed by atoms with Crippen molar-refractivity contribution in [1.29, 1.82) is 0 Å². The van der Waals surface area contributed by atoms with Crippen LogP contribution in [0.25, 0.3) is 0 Å². The van der Waals surface area contributed by atoms with Gasteiger partial charge in [0.15, 0.2) is 11.8 Å². The van der Waals surface area contributed by atoms with Crippen LogP contribution < -0.4 is 0 Å². The molecule has 2 aromatic rings. The largest absolute Gasteiger partial charge is 0.498 e. The minimum atomic E-state index is -0.560. The van der Waals surface area contributed by atoms with Gasteiger partial charge in [-0.3, -0.25) is 9.69 Å². The number of benzene rings is 2. The van der Waals surface area contributed by atoms with Gasteiger partial charge in [-0.1, -0.05) is 60.7 Å². The van der Waals surface area contributed by atoms with Gasteiger partial charge in [-0.05, 0) is 11.1 Å². The predicted octanol–water partition coefficient (Wildman–Crippen LogP) is 3.48. The summed E-state index contributed by atoms with van der Waals surface area (Å²) in [6.45, 7) is 0. The van der Waals surface area contributed by atoms with E-state index in [9.17, 15) is 9.59 Å². The maximum absolute atomic E-state index is 13.1. The van der Waals surface area contributed by atoms with E-state index in [-0.39, 0.29) is 17.0 Å². The highest BCUT2D eigenvalue weighted by atomic mass is 32.2. The third-order valence-corrected chi connectivity index (χ3v) is 5.88. The fourth-order valence-electron chi connectivity index (χ4n) is 3.28. The van der Waals surface area contributed by atoms with Crippen molar-refractivity contribution in [3.05, 3.63) is 83.2 Å². The van der Waals surface area contributed by atoms with E-state index in [1.807, 2.05) is 60.7 Å². The Morgan fingerprint density at radius 1 is 1.07 bits per heavy atom. The molecule has 2 aromatic carbocycles. The summed E-state index contributed by atoms with van der Waals surface area (Å²) in [7, 11) is 1.51. The van der Waals surface area contributed by atoms with E-state index in [1.54, 1.807) is 11.8 Å². The van der Waals surface area contributed by atoms with Gasteiger partial charge in [-0.25, -0.2) is 4.79 Å². The maximum atomic E-state index is 13.1. The molecule has 0 spiro atoms. The van der Waals surface area contributed by atoms with Crippen molar-refractivity contribution in [2.24, 2.45) is 0 Å². The van der Waals surface area contributed by atoms with E-state index >= 15 is 0 Å². The number of esters is 1. The number of methoxy groups -OCH3 is 1. The Hall–Kier alpha value is -2.73. The molecule has 0 bridgehead atoms. The Balaban J connectivity index is 1.67. The first-order valence-corrected chi connectivity index (χ1v) is 9.75. The molecule has 1 atom stereocenters. The summed E-state index contributed by atoms with van der Waals surface area (Å²) in [5.41, 5.74) is 1.97.